The van der Waals surface area contributed by atoms with Crippen molar-refractivity contribution in [3.8, 4) is 11.3 Å². The number of hydrogen-bond donors (Lipinski definition) is 1. The molecule has 0 unspecified atom stereocenters. The molecule has 1 N–H and O–H groups in total. The van der Waals surface area contributed by atoms with Crippen molar-refractivity contribution in [3.05, 3.63) is 42.1 Å². The number of aromatic nitrogens is 2. The molecule has 0 aliphatic rings. The number of hydrogen-bond acceptors (Lipinski definition) is 6. The highest BCUT2D eigenvalue weighted by Gasteiger charge is 2.25. The summed E-state index contributed by atoms with van der Waals surface area (Å²) in [5.41, 5.74) is 2.15. The van der Waals surface area contributed by atoms with Gasteiger partial charge in [-0.25, -0.2) is 14.3 Å². The number of ether oxygens (including phenoxy) is 3. The monoisotopic (exact) mass is 475 g/mol. The Morgan fingerprint density at radius 1 is 1.12 bits per heavy atom. The van der Waals surface area contributed by atoms with Crippen LogP contribution in [0.4, 0.5) is 4.79 Å². The molecule has 2 rings (SSSR count). The lowest BCUT2D eigenvalue weighted by Crippen LogP contribution is -2.45. The van der Waals surface area contributed by atoms with Crippen molar-refractivity contribution in [2.45, 2.75) is 71.3 Å². The van der Waals surface area contributed by atoms with Crippen LogP contribution in [0, 0.1) is 0 Å². The lowest BCUT2D eigenvalue weighted by atomic mass is 10.0. The van der Waals surface area contributed by atoms with Crippen LogP contribution in [0.1, 0.15) is 26.3 Å². The summed E-state index contributed by atoms with van der Waals surface area (Å²) in [5.74, 6) is -0.529. The minimum absolute atomic E-state index is 0.283. The zero-order chi connectivity index (χ0) is 24.6. The van der Waals surface area contributed by atoms with Gasteiger partial charge in [-0.3, -0.25) is 0 Å². The Morgan fingerprint density at radius 3 is 2.36 bits per heavy atom. The van der Waals surface area contributed by atoms with Crippen molar-refractivity contribution < 1.29 is 23.8 Å². The van der Waals surface area contributed by atoms with Crippen LogP contribution < -0.4 is 5.32 Å². The van der Waals surface area contributed by atoms with Crippen LogP contribution >= 0.6 is 0 Å². The highest BCUT2D eigenvalue weighted by Crippen LogP contribution is 2.21. The van der Waals surface area contributed by atoms with E-state index in [0.29, 0.717) is 6.73 Å². The average molecular weight is 476 g/mol. The molecule has 0 radical (unpaired) electrons. The topological polar surface area (TPSA) is 91.7 Å². The quantitative estimate of drug-likeness (QED) is 0.310. The van der Waals surface area contributed by atoms with E-state index in [4.69, 9.17) is 14.2 Å². The highest BCUT2D eigenvalue weighted by molar-refractivity contribution is 6.76. The molecule has 1 aromatic carbocycles. The van der Waals surface area contributed by atoms with Gasteiger partial charge in [0.1, 0.15) is 18.4 Å². The number of alkyl carbamates (subject to hydrolysis) is 1. The minimum Gasteiger partial charge on any atom is -0.467 e. The minimum atomic E-state index is -1.13. The second kappa shape index (κ2) is 11.5. The molecular formula is C24H37N3O5Si. The summed E-state index contributed by atoms with van der Waals surface area (Å²) in [7, 11) is 0.162. The van der Waals surface area contributed by atoms with E-state index in [2.05, 4.69) is 30.1 Å². The number of carbonyl (C=O) groups is 2. The zero-order valence-electron chi connectivity index (χ0n) is 20.8. The molecule has 1 aromatic heterocycles. The third-order valence-corrected chi connectivity index (χ3v) is 6.50. The fourth-order valence-electron chi connectivity index (χ4n) is 3.04. The van der Waals surface area contributed by atoms with Crippen LogP contribution in [-0.2, 0) is 32.2 Å². The molecule has 9 heteroatoms. The summed E-state index contributed by atoms with van der Waals surface area (Å²) >= 11 is 0. The molecule has 0 aliphatic heterocycles. The summed E-state index contributed by atoms with van der Waals surface area (Å²) in [4.78, 5) is 24.3. The second-order valence-electron chi connectivity index (χ2n) is 10.2. The van der Waals surface area contributed by atoms with Gasteiger partial charge in [0.25, 0.3) is 0 Å². The summed E-state index contributed by atoms with van der Waals surface area (Å²) < 4.78 is 17.8. The predicted octanol–water partition coefficient (Wildman–Crippen LogP) is 4.47. The van der Waals surface area contributed by atoms with Gasteiger partial charge in [-0.05, 0) is 44.0 Å². The maximum atomic E-state index is 12.2. The molecule has 2 aromatic rings. The van der Waals surface area contributed by atoms with E-state index in [-0.39, 0.29) is 6.42 Å². The molecule has 33 heavy (non-hydrogen) atoms. The molecule has 182 valence electrons. The Kier molecular flexibility index (Phi) is 9.24. The lowest BCUT2D eigenvalue weighted by molar-refractivity contribution is -0.143. The third-order valence-electron chi connectivity index (χ3n) is 4.79. The van der Waals surface area contributed by atoms with Crippen LogP contribution in [0.15, 0.2) is 36.5 Å². The van der Waals surface area contributed by atoms with Gasteiger partial charge in [-0.15, -0.1) is 0 Å². The number of nitrogens with one attached hydrogen (secondary N) is 1. The number of esters is 1. The fourth-order valence-corrected chi connectivity index (χ4v) is 3.80. The smallest absolute Gasteiger partial charge is 0.408 e. The van der Waals surface area contributed by atoms with E-state index in [1.54, 1.807) is 27.0 Å². The SMILES string of the molecule is COC(=O)[C@H](Cc1ccc(-c2ccnn2COCC[Si](C)(C)C)cc1)NC(=O)OC(C)(C)C. The Hall–Kier alpha value is -2.65. The van der Waals surface area contributed by atoms with E-state index >= 15 is 0 Å². The number of amides is 1. The number of methoxy groups -OCH3 is 1. The van der Waals surface area contributed by atoms with Gasteiger partial charge in [0.2, 0.25) is 0 Å². The normalized spacial score (nSPS) is 12.8. The average Bonchev–Trinajstić information content (AvgIpc) is 3.17. The summed E-state index contributed by atoms with van der Waals surface area (Å²) in [6.07, 6.45) is 1.38. The van der Waals surface area contributed by atoms with Gasteiger partial charge < -0.3 is 19.5 Å². The van der Waals surface area contributed by atoms with Gasteiger partial charge in [-0.1, -0.05) is 43.9 Å². The van der Waals surface area contributed by atoms with Crippen molar-refractivity contribution in [1.82, 2.24) is 15.1 Å². The van der Waals surface area contributed by atoms with Crippen LogP contribution in [0.25, 0.3) is 11.3 Å². The van der Waals surface area contributed by atoms with Crippen molar-refractivity contribution in [2.75, 3.05) is 13.7 Å². The van der Waals surface area contributed by atoms with Gasteiger partial charge >= 0.3 is 12.1 Å². The van der Waals surface area contributed by atoms with Crippen molar-refractivity contribution in [1.29, 1.82) is 0 Å². The Morgan fingerprint density at radius 2 is 1.79 bits per heavy atom. The molecule has 0 bridgehead atoms. The van der Waals surface area contributed by atoms with Crippen molar-refractivity contribution in [3.63, 3.8) is 0 Å². The van der Waals surface area contributed by atoms with Crippen LogP contribution in [-0.4, -0.2) is 55.3 Å². The first kappa shape index (κ1) is 26.6. The maximum Gasteiger partial charge on any atom is 0.408 e. The van der Waals surface area contributed by atoms with Gasteiger partial charge in [-0.2, -0.15) is 5.10 Å². The van der Waals surface area contributed by atoms with Gasteiger partial charge in [0.15, 0.2) is 0 Å². The van der Waals surface area contributed by atoms with Gasteiger partial charge in [0, 0.05) is 27.3 Å². The Labute approximate surface area is 197 Å². The van der Waals surface area contributed by atoms with E-state index in [1.165, 1.54) is 7.11 Å². The molecule has 0 aliphatic carbocycles. The molecular weight excluding hydrogens is 438 g/mol. The van der Waals surface area contributed by atoms with E-state index in [9.17, 15) is 9.59 Å². The Bertz CT molecular complexity index is 913. The molecule has 1 amide bonds. The van der Waals surface area contributed by atoms with E-state index in [0.717, 1.165) is 29.5 Å². The number of rotatable bonds is 10. The first-order chi connectivity index (χ1) is 15.4. The molecule has 8 nitrogen and oxygen atoms in total. The maximum absolute atomic E-state index is 12.2. The largest absolute Gasteiger partial charge is 0.467 e. The molecule has 1 heterocycles. The van der Waals surface area contributed by atoms with Crippen LogP contribution in [0.5, 0.6) is 0 Å². The second-order valence-corrected chi connectivity index (χ2v) is 15.8. The Balaban J connectivity index is 2.03. The van der Waals surface area contributed by atoms with E-state index in [1.807, 2.05) is 35.0 Å². The molecule has 0 fully saturated rings. The molecule has 0 saturated heterocycles. The van der Waals surface area contributed by atoms with Crippen molar-refractivity contribution in [2.24, 2.45) is 0 Å². The fraction of sp³-hybridized carbons (Fsp3) is 0.542. The third kappa shape index (κ3) is 9.39. The molecule has 0 spiro atoms. The molecule has 0 saturated carbocycles. The zero-order valence-corrected chi connectivity index (χ0v) is 21.8. The first-order valence-corrected chi connectivity index (χ1v) is 14.8. The first-order valence-electron chi connectivity index (χ1n) is 11.1. The van der Waals surface area contributed by atoms with Crippen LogP contribution in [0.3, 0.4) is 0 Å². The standard InChI is InChI=1S/C24H37N3O5Si/c1-24(2,3)32-23(29)26-20(22(28)30-4)16-18-8-10-19(11-9-18)21-12-13-25-27(21)17-31-14-15-33(5,6)7/h8-13,20H,14-17H2,1-7H3,(H,26,29)/t20-/m0/s1. The predicted molar refractivity (Wildman–Crippen MR) is 131 cm³/mol. The number of carbonyl (C=O) groups excluding carboxylic acids is 2. The summed E-state index contributed by atoms with van der Waals surface area (Å²) in [6.45, 7) is 13.4. The number of benzene rings is 1. The lowest BCUT2D eigenvalue weighted by Gasteiger charge is -2.22. The highest BCUT2D eigenvalue weighted by atomic mass is 28.3. The van der Waals surface area contributed by atoms with E-state index < -0.39 is 31.8 Å². The summed E-state index contributed by atoms with van der Waals surface area (Å²) in [6, 6.07) is 9.98. The van der Waals surface area contributed by atoms with Crippen molar-refractivity contribution >= 4 is 20.1 Å². The number of nitrogens with zero attached hydrogens (tertiary/aromatic N) is 2. The molecule has 1 atom stereocenters. The van der Waals surface area contributed by atoms with Gasteiger partial charge in [0.05, 0.1) is 12.8 Å². The summed E-state index contributed by atoms with van der Waals surface area (Å²) in [5, 5.41) is 6.97. The van der Waals surface area contributed by atoms with Crippen LogP contribution in [0.2, 0.25) is 25.7 Å².